The second-order valence-electron chi connectivity index (χ2n) is 4.60. The lowest BCUT2D eigenvalue weighted by atomic mass is 9.87. The fraction of sp³-hybridized carbons (Fsp3) is 0.214. The molecule has 1 aromatic rings. The molecule has 0 fully saturated rings. The Bertz CT molecular complexity index is 632. The predicted molar refractivity (Wildman–Crippen MR) is 74.7 cm³/mol. The zero-order valence-corrected chi connectivity index (χ0v) is 11.7. The highest BCUT2D eigenvalue weighted by Crippen LogP contribution is 2.26. The van der Waals surface area contributed by atoms with E-state index in [1.807, 2.05) is 19.1 Å². The van der Waals surface area contributed by atoms with Crippen LogP contribution in [0, 0.1) is 12.8 Å². The lowest BCUT2D eigenvalue weighted by Crippen LogP contribution is -2.44. The van der Waals surface area contributed by atoms with Gasteiger partial charge in [-0.3, -0.25) is 14.9 Å². The van der Waals surface area contributed by atoms with Gasteiger partial charge < -0.3 is 5.21 Å². The van der Waals surface area contributed by atoms with Gasteiger partial charge in [-0.15, -0.1) is 0 Å². The van der Waals surface area contributed by atoms with Gasteiger partial charge in [-0.2, -0.15) is 0 Å². The van der Waals surface area contributed by atoms with E-state index in [2.05, 4.69) is 10.5 Å². The van der Waals surface area contributed by atoms with E-state index in [-0.39, 0.29) is 10.7 Å². The summed E-state index contributed by atoms with van der Waals surface area (Å²) in [7, 11) is 0. The number of nitrogens with zero attached hydrogens (tertiary/aromatic N) is 1. The van der Waals surface area contributed by atoms with Gasteiger partial charge >= 0.3 is 0 Å². The molecule has 104 valence electrons. The summed E-state index contributed by atoms with van der Waals surface area (Å²) in [5.74, 6) is -2.07. The molecule has 0 saturated heterocycles. The second kappa shape index (κ2) is 5.46. The first kappa shape index (κ1) is 14.3. The van der Waals surface area contributed by atoms with Crippen molar-refractivity contribution in [2.75, 3.05) is 0 Å². The molecular formula is C14H13ClN2O3. The number of oxime groups is 1. The summed E-state index contributed by atoms with van der Waals surface area (Å²) >= 11 is 5.87. The zero-order valence-electron chi connectivity index (χ0n) is 11.0. The van der Waals surface area contributed by atoms with Gasteiger partial charge in [0.2, 0.25) is 5.91 Å². The minimum absolute atomic E-state index is 0.0529. The van der Waals surface area contributed by atoms with E-state index < -0.39 is 17.7 Å². The average Bonchev–Trinajstić information content (AvgIpc) is 2.42. The summed E-state index contributed by atoms with van der Waals surface area (Å²) in [4.78, 5) is 23.4. The number of nitrogens with one attached hydrogen (secondary N) is 1. The Hall–Kier alpha value is -2.14. The third kappa shape index (κ3) is 2.44. The average molecular weight is 293 g/mol. The number of carbonyl (C=O) groups is 2. The number of aryl methyl sites for hydroxylation is 1. The molecule has 5 nitrogen and oxygen atoms in total. The number of benzene rings is 1. The highest BCUT2D eigenvalue weighted by Gasteiger charge is 2.36. The molecule has 1 aromatic carbocycles. The van der Waals surface area contributed by atoms with E-state index in [1.165, 1.54) is 0 Å². The summed E-state index contributed by atoms with van der Waals surface area (Å²) in [5.41, 5.74) is 2.16. The van der Waals surface area contributed by atoms with Crippen LogP contribution in [-0.2, 0) is 9.59 Å². The highest BCUT2D eigenvalue weighted by atomic mass is 35.5. The Kier molecular flexibility index (Phi) is 3.90. The van der Waals surface area contributed by atoms with Crippen LogP contribution in [0.3, 0.4) is 0 Å². The van der Waals surface area contributed by atoms with Gasteiger partial charge in [0.05, 0.1) is 0 Å². The van der Waals surface area contributed by atoms with Crippen LogP contribution >= 0.6 is 11.6 Å². The molecule has 2 N–H and O–H groups in total. The minimum Gasteiger partial charge on any atom is -0.411 e. The number of rotatable bonds is 2. The number of halogens is 1. The molecule has 20 heavy (non-hydrogen) atoms. The first-order valence-electron chi connectivity index (χ1n) is 5.96. The number of hydrogen-bond donors (Lipinski definition) is 2. The molecule has 2 amide bonds. The van der Waals surface area contributed by atoms with Gasteiger partial charge in [0.25, 0.3) is 5.91 Å². The van der Waals surface area contributed by atoms with Crippen LogP contribution in [0.15, 0.2) is 40.0 Å². The third-order valence-corrected chi connectivity index (χ3v) is 3.68. The van der Waals surface area contributed by atoms with E-state index in [0.29, 0.717) is 11.1 Å². The number of hydrogen-bond acceptors (Lipinski definition) is 4. The van der Waals surface area contributed by atoms with E-state index in [4.69, 9.17) is 11.6 Å². The fourth-order valence-corrected chi connectivity index (χ4v) is 2.23. The number of imide groups is 1. The normalized spacial score (nSPS) is 20.1. The maximum Gasteiger partial charge on any atom is 0.269 e. The molecule has 0 aromatic heterocycles. The van der Waals surface area contributed by atoms with Crippen LogP contribution in [0.4, 0.5) is 0 Å². The van der Waals surface area contributed by atoms with Crippen molar-refractivity contribution in [2.24, 2.45) is 11.1 Å². The van der Waals surface area contributed by atoms with Gasteiger partial charge in [0, 0.05) is 5.56 Å². The molecule has 1 aliphatic heterocycles. The Morgan fingerprint density at radius 1 is 1.25 bits per heavy atom. The molecule has 2 rings (SSSR count). The van der Waals surface area contributed by atoms with Gasteiger partial charge in [-0.05, 0) is 19.4 Å². The van der Waals surface area contributed by atoms with Crippen molar-refractivity contribution >= 4 is 29.1 Å². The third-order valence-electron chi connectivity index (χ3n) is 3.21. The Labute approximate surface area is 120 Å². The van der Waals surface area contributed by atoms with Crippen LogP contribution < -0.4 is 5.32 Å². The van der Waals surface area contributed by atoms with E-state index in [9.17, 15) is 14.8 Å². The molecule has 0 bridgehead atoms. The van der Waals surface area contributed by atoms with Crippen LogP contribution in [0.25, 0.3) is 0 Å². The molecule has 0 aliphatic carbocycles. The zero-order chi connectivity index (χ0) is 14.9. The Morgan fingerprint density at radius 2 is 1.85 bits per heavy atom. The summed E-state index contributed by atoms with van der Waals surface area (Å²) in [6, 6.07) is 7.17. The molecule has 1 unspecified atom stereocenters. The lowest BCUT2D eigenvalue weighted by Gasteiger charge is -2.23. The highest BCUT2D eigenvalue weighted by molar-refractivity contribution is 6.45. The summed E-state index contributed by atoms with van der Waals surface area (Å²) < 4.78 is 0. The van der Waals surface area contributed by atoms with Gasteiger partial charge in [0.1, 0.15) is 16.7 Å². The van der Waals surface area contributed by atoms with Crippen molar-refractivity contribution in [3.63, 3.8) is 0 Å². The molecule has 1 heterocycles. The lowest BCUT2D eigenvalue weighted by molar-refractivity contribution is -0.129. The molecule has 0 spiro atoms. The van der Waals surface area contributed by atoms with Crippen molar-refractivity contribution < 1.29 is 14.8 Å². The quantitative estimate of drug-likeness (QED) is 0.378. The standard InChI is InChI=1S/C14H13ClN2O3/c1-7-3-5-9(6-4-7)12(17-20)10-8(2)11(15)14(19)16-13(10)18/h3-6,10,20H,1-2H3,(H,16,18,19)/b17-12-. The largest absolute Gasteiger partial charge is 0.411 e. The van der Waals surface area contributed by atoms with Crippen molar-refractivity contribution in [3.05, 3.63) is 46.0 Å². The van der Waals surface area contributed by atoms with Crippen molar-refractivity contribution in [2.45, 2.75) is 13.8 Å². The maximum absolute atomic E-state index is 12.0. The maximum atomic E-state index is 12.0. The van der Waals surface area contributed by atoms with Crippen LogP contribution in [0.5, 0.6) is 0 Å². The molecule has 6 heteroatoms. The molecule has 1 atom stereocenters. The Balaban J connectivity index is 2.49. The van der Waals surface area contributed by atoms with Crippen molar-refractivity contribution in [3.8, 4) is 0 Å². The number of carbonyl (C=O) groups excluding carboxylic acids is 2. The molecule has 0 radical (unpaired) electrons. The van der Waals surface area contributed by atoms with E-state index in [0.717, 1.165) is 5.56 Å². The molecule has 0 saturated carbocycles. The van der Waals surface area contributed by atoms with E-state index in [1.54, 1.807) is 19.1 Å². The van der Waals surface area contributed by atoms with Crippen molar-refractivity contribution in [1.29, 1.82) is 0 Å². The smallest absolute Gasteiger partial charge is 0.269 e. The van der Waals surface area contributed by atoms with E-state index >= 15 is 0 Å². The topological polar surface area (TPSA) is 78.8 Å². The number of amides is 2. The Morgan fingerprint density at radius 3 is 2.40 bits per heavy atom. The summed E-state index contributed by atoms with van der Waals surface area (Å²) in [6.45, 7) is 3.50. The van der Waals surface area contributed by atoms with Crippen LogP contribution in [-0.4, -0.2) is 22.7 Å². The summed E-state index contributed by atoms with van der Waals surface area (Å²) in [6.07, 6.45) is 0. The SMILES string of the molecule is CC1=C(Cl)C(=O)NC(=O)C1/C(=N\O)c1ccc(C)cc1. The first-order chi connectivity index (χ1) is 9.45. The van der Waals surface area contributed by atoms with Crippen molar-refractivity contribution in [1.82, 2.24) is 5.32 Å². The van der Waals surface area contributed by atoms with Gasteiger partial charge in [-0.1, -0.05) is 46.6 Å². The van der Waals surface area contributed by atoms with Gasteiger partial charge in [-0.25, -0.2) is 0 Å². The molecular weight excluding hydrogens is 280 g/mol. The monoisotopic (exact) mass is 292 g/mol. The van der Waals surface area contributed by atoms with Gasteiger partial charge in [0.15, 0.2) is 0 Å². The fourth-order valence-electron chi connectivity index (χ4n) is 2.08. The minimum atomic E-state index is -0.882. The van der Waals surface area contributed by atoms with Crippen LogP contribution in [0.2, 0.25) is 0 Å². The van der Waals surface area contributed by atoms with Crippen LogP contribution in [0.1, 0.15) is 18.1 Å². The predicted octanol–water partition coefficient (Wildman–Crippen LogP) is 1.96. The first-order valence-corrected chi connectivity index (χ1v) is 6.34. The molecule has 1 aliphatic rings. The summed E-state index contributed by atoms with van der Waals surface area (Å²) in [5, 5.41) is 14.6. The second-order valence-corrected chi connectivity index (χ2v) is 4.98.